The van der Waals surface area contributed by atoms with Crippen LogP contribution in [-0.2, 0) is 5.54 Å². The van der Waals surface area contributed by atoms with E-state index >= 15 is 0 Å². The molecule has 1 amide bonds. The molecule has 7 nitrogen and oxygen atoms in total. The van der Waals surface area contributed by atoms with Crippen molar-refractivity contribution in [2.45, 2.75) is 44.6 Å². The maximum Gasteiger partial charge on any atom is 0.415 e. The highest BCUT2D eigenvalue weighted by atomic mass is 35.5. The molecular formula is C22H24ClN5O2. The van der Waals surface area contributed by atoms with Crippen LogP contribution in [0.1, 0.15) is 43.5 Å². The van der Waals surface area contributed by atoms with Gasteiger partial charge in [-0.25, -0.2) is 4.79 Å². The van der Waals surface area contributed by atoms with Crippen molar-refractivity contribution in [1.82, 2.24) is 25.1 Å². The summed E-state index contributed by atoms with van der Waals surface area (Å²) in [6.07, 6.45) is 4.15. The van der Waals surface area contributed by atoms with E-state index in [2.05, 4.69) is 15.5 Å². The van der Waals surface area contributed by atoms with Crippen molar-refractivity contribution in [2.24, 2.45) is 0 Å². The second-order valence-corrected chi connectivity index (χ2v) is 8.04. The summed E-state index contributed by atoms with van der Waals surface area (Å²) in [4.78, 5) is 14.7. The number of rotatable bonds is 4. The van der Waals surface area contributed by atoms with E-state index in [1.165, 1.54) is 0 Å². The summed E-state index contributed by atoms with van der Waals surface area (Å²) in [6.45, 7) is 1.93. The van der Waals surface area contributed by atoms with Crippen molar-refractivity contribution in [3.8, 4) is 11.4 Å². The molecule has 0 unspecified atom stereocenters. The molecule has 0 bridgehead atoms. The average molecular weight is 426 g/mol. The lowest BCUT2D eigenvalue weighted by Gasteiger charge is -2.42. The topological polar surface area (TPSA) is 73.1 Å². The number of amides is 1. The van der Waals surface area contributed by atoms with Crippen LogP contribution in [0.2, 0.25) is 5.02 Å². The average Bonchev–Trinajstić information content (AvgIpc) is 3.26. The van der Waals surface area contributed by atoms with Crippen molar-refractivity contribution in [1.29, 1.82) is 0 Å². The van der Waals surface area contributed by atoms with Crippen molar-refractivity contribution in [3.05, 3.63) is 64.9 Å². The third-order valence-corrected chi connectivity index (χ3v) is 6.31. The van der Waals surface area contributed by atoms with Gasteiger partial charge in [0, 0.05) is 12.1 Å². The second kappa shape index (κ2) is 8.44. The molecule has 0 N–H and O–H groups in total. The number of tetrazole rings is 1. The summed E-state index contributed by atoms with van der Waals surface area (Å²) in [5.41, 5.74) is 1.02. The van der Waals surface area contributed by atoms with Gasteiger partial charge in [-0.2, -0.15) is 4.68 Å². The lowest BCUT2D eigenvalue weighted by Crippen LogP contribution is -2.51. The second-order valence-electron chi connectivity index (χ2n) is 7.63. The number of benzene rings is 2. The van der Waals surface area contributed by atoms with Crippen LogP contribution in [0.3, 0.4) is 0 Å². The molecule has 30 heavy (non-hydrogen) atoms. The first-order valence-corrected chi connectivity index (χ1v) is 10.5. The van der Waals surface area contributed by atoms with Crippen molar-refractivity contribution < 1.29 is 9.53 Å². The maximum atomic E-state index is 13.1. The third kappa shape index (κ3) is 3.65. The number of carbonyl (C=O) groups excluding carboxylic acids is 1. The van der Waals surface area contributed by atoms with Gasteiger partial charge in [0.1, 0.15) is 11.3 Å². The fourth-order valence-corrected chi connectivity index (χ4v) is 4.31. The molecular weight excluding hydrogens is 402 g/mol. The Bertz CT molecular complexity index is 1030. The molecule has 1 heterocycles. The van der Waals surface area contributed by atoms with E-state index in [1.807, 2.05) is 43.3 Å². The summed E-state index contributed by atoms with van der Waals surface area (Å²) in [7, 11) is 1.76. The quantitative estimate of drug-likeness (QED) is 0.593. The molecule has 156 valence electrons. The Morgan fingerprint density at radius 3 is 2.57 bits per heavy atom. The fraction of sp³-hybridized carbons (Fsp3) is 0.364. The molecule has 4 rings (SSSR count). The van der Waals surface area contributed by atoms with Crippen molar-refractivity contribution in [2.75, 3.05) is 7.05 Å². The zero-order valence-corrected chi connectivity index (χ0v) is 17.8. The molecule has 3 aromatic rings. The van der Waals surface area contributed by atoms with Gasteiger partial charge in [0.2, 0.25) is 0 Å². The van der Waals surface area contributed by atoms with Gasteiger partial charge in [-0.1, -0.05) is 55.1 Å². The van der Waals surface area contributed by atoms with Crippen LogP contribution in [-0.4, -0.2) is 38.2 Å². The molecule has 0 saturated heterocycles. The molecule has 1 saturated carbocycles. The van der Waals surface area contributed by atoms with E-state index in [-0.39, 0.29) is 0 Å². The predicted molar refractivity (Wildman–Crippen MR) is 114 cm³/mol. The van der Waals surface area contributed by atoms with Crippen LogP contribution in [0, 0.1) is 6.92 Å². The minimum absolute atomic E-state index is 0.430. The molecule has 1 fully saturated rings. The van der Waals surface area contributed by atoms with Crippen LogP contribution in [0.4, 0.5) is 4.79 Å². The molecule has 1 aliphatic rings. The van der Waals surface area contributed by atoms with Gasteiger partial charge in [-0.15, -0.1) is 5.10 Å². The van der Waals surface area contributed by atoms with Crippen molar-refractivity contribution in [3.63, 3.8) is 0 Å². The molecule has 1 aromatic heterocycles. The van der Waals surface area contributed by atoms with Gasteiger partial charge < -0.3 is 4.74 Å². The number of aromatic nitrogens is 4. The minimum atomic E-state index is -0.664. The van der Waals surface area contributed by atoms with E-state index in [0.29, 0.717) is 16.6 Å². The van der Waals surface area contributed by atoms with Gasteiger partial charge in [0.15, 0.2) is 5.82 Å². The number of hydrogen-bond acceptors (Lipinski definition) is 5. The molecule has 0 aliphatic heterocycles. The SMILES string of the molecule is Cc1c(Cl)cccc1-n1nnnc1C1(N(C)C(=O)Oc2ccccc2)CCCCC1. The van der Waals surface area contributed by atoms with Crippen LogP contribution in [0.15, 0.2) is 48.5 Å². The summed E-state index contributed by atoms with van der Waals surface area (Å²) < 4.78 is 7.34. The molecule has 0 spiro atoms. The largest absolute Gasteiger partial charge is 0.415 e. The Kier molecular flexibility index (Phi) is 5.72. The normalized spacial score (nSPS) is 15.6. The molecule has 8 heteroatoms. The zero-order chi connectivity index (χ0) is 21.1. The molecule has 0 radical (unpaired) electrons. The minimum Gasteiger partial charge on any atom is -0.410 e. The van der Waals surface area contributed by atoms with E-state index in [4.69, 9.17) is 16.3 Å². The van der Waals surface area contributed by atoms with Gasteiger partial charge in [0.05, 0.1) is 5.69 Å². The maximum absolute atomic E-state index is 13.1. The summed E-state index contributed by atoms with van der Waals surface area (Å²) in [5, 5.41) is 13.2. The van der Waals surface area contributed by atoms with Gasteiger partial charge >= 0.3 is 6.09 Å². The highest BCUT2D eigenvalue weighted by molar-refractivity contribution is 6.31. The van der Waals surface area contributed by atoms with Crippen LogP contribution < -0.4 is 4.74 Å². The summed E-state index contributed by atoms with van der Waals surface area (Å²) in [5.74, 6) is 1.13. The molecule has 2 aromatic carbocycles. The Labute approximate surface area is 180 Å². The highest BCUT2D eigenvalue weighted by Gasteiger charge is 2.45. The van der Waals surface area contributed by atoms with E-state index in [0.717, 1.165) is 43.4 Å². The van der Waals surface area contributed by atoms with E-state index in [9.17, 15) is 4.79 Å². The smallest absolute Gasteiger partial charge is 0.410 e. The zero-order valence-electron chi connectivity index (χ0n) is 17.1. The van der Waals surface area contributed by atoms with Crippen LogP contribution in [0.25, 0.3) is 5.69 Å². The van der Waals surface area contributed by atoms with E-state index in [1.54, 1.807) is 28.8 Å². The lowest BCUT2D eigenvalue weighted by molar-refractivity contribution is 0.0622. The number of nitrogens with zero attached hydrogens (tertiary/aromatic N) is 5. The standard InChI is InChI=1S/C22H24ClN5O2/c1-16-18(23)12-9-13-19(16)28-20(24-25-26-28)22(14-7-4-8-15-22)27(2)21(29)30-17-10-5-3-6-11-17/h3,5-6,9-13H,4,7-8,14-15H2,1-2H3. The van der Waals surface area contributed by atoms with Gasteiger partial charge in [-0.05, 0) is 60.0 Å². The first kappa shape index (κ1) is 20.3. The monoisotopic (exact) mass is 425 g/mol. The Balaban J connectivity index is 1.74. The first-order valence-electron chi connectivity index (χ1n) is 10.1. The third-order valence-electron chi connectivity index (χ3n) is 5.90. The number of hydrogen-bond donors (Lipinski definition) is 0. The number of halogens is 1. The lowest BCUT2D eigenvalue weighted by atomic mass is 9.79. The van der Waals surface area contributed by atoms with Crippen LogP contribution in [0.5, 0.6) is 5.75 Å². The molecule has 1 aliphatic carbocycles. The van der Waals surface area contributed by atoms with Crippen molar-refractivity contribution >= 4 is 17.7 Å². The number of carbonyl (C=O) groups is 1. The highest BCUT2D eigenvalue weighted by Crippen LogP contribution is 2.42. The van der Waals surface area contributed by atoms with E-state index < -0.39 is 11.6 Å². The predicted octanol–water partition coefficient (Wildman–Crippen LogP) is 4.91. The summed E-state index contributed by atoms with van der Waals surface area (Å²) >= 11 is 6.34. The fourth-order valence-electron chi connectivity index (χ4n) is 4.14. The number of ether oxygens (including phenoxy) is 1. The molecule has 0 atom stereocenters. The Hall–Kier alpha value is -2.93. The van der Waals surface area contributed by atoms with Crippen LogP contribution >= 0.6 is 11.6 Å². The first-order chi connectivity index (χ1) is 14.5. The number of para-hydroxylation sites is 1. The summed E-state index contributed by atoms with van der Waals surface area (Å²) in [6, 6.07) is 14.7. The Morgan fingerprint density at radius 1 is 1.10 bits per heavy atom. The van der Waals surface area contributed by atoms with Gasteiger partial charge in [-0.3, -0.25) is 4.90 Å². The Morgan fingerprint density at radius 2 is 1.83 bits per heavy atom. The van der Waals surface area contributed by atoms with Gasteiger partial charge in [0.25, 0.3) is 0 Å².